The van der Waals surface area contributed by atoms with Crippen molar-refractivity contribution in [3.8, 4) is 0 Å². The van der Waals surface area contributed by atoms with Gasteiger partial charge in [-0.3, -0.25) is 9.59 Å². The number of morpholine rings is 1. The van der Waals surface area contributed by atoms with E-state index in [4.69, 9.17) is 4.74 Å². The number of ether oxygens (including phenoxy) is 1. The van der Waals surface area contributed by atoms with Crippen molar-refractivity contribution in [1.29, 1.82) is 0 Å². The molecule has 3 N–H and O–H groups in total. The first kappa shape index (κ1) is 23.8. The number of hydrogen-bond donors (Lipinski definition) is 3. The monoisotopic (exact) mass is 486 g/mol. The van der Waals surface area contributed by atoms with Crippen molar-refractivity contribution in [3.63, 3.8) is 0 Å². The van der Waals surface area contributed by atoms with Gasteiger partial charge in [-0.1, -0.05) is 6.07 Å². The first-order chi connectivity index (χ1) is 16.0. The van der Waals surface area contributed by atoms with Crippen molar-refractivity contribution in [3.05, 3.63) is 57.0 Å². The van der Waals surface area contributed by atoms with Crippen molar-refractivity contribution in [1.82, 2.24) is 14.3 Å². The number of anilines is 5. The van der Waals surface area contributed by atoms with Crippen LogP contribution in [0.25, 0.3) is 0 Å². The van der Waals surface area contributed by atoms with Crippen LogP contribution in [0.15, 0.2) is 51.0 Å². The molecule has 0 bridgehead atoms. The average molecular weight is 487 g/mol. The van der Waals surface area contributed by atoms with Crippen LogP contribution in [0.2, 0.25) is 0 Å². The smallest absolute Gasteiger partial charge is 0.253 e. The molecular formula is C22H26N6O5S. The largest absolute Gasteiger partial charge is 0.379 e. The summed E-state index contributed by atoms with van der Waals surface area (Å²) in [5.74, 6) is 0.494. The van der Waals surface area contributed by atoms with Gasteiger partial charge in [0.05, 0.1) is 18.1 Å². The average Bonchev–Trinajstić information content (AvgIpc) is 2.81. The fourth-order valence-electron chi connectivity index (χ4n) is 3.42. The van der Waals surface area contributed by atoms with Gasteiger partial charge in [-0.05, 0) is 45.0 Å². The van der Waals surface area contributed by atoms with Gasteiger partial charge in [-0.15, -0.1) is 0 Å². The minimum Gasteiger partial charge on any atom is -0.379 e. The number of nitrogens with zero attached hydrogens (tertiary/aromatic N) is 3. The Labute approximate surface area is 196 Å². The Kier molecular flexibility index (Phi) is 6.39. The number of hydrogen-bond acceptors (Lipinski definition) is 10. The van der Waals surface area contributed by atoms with E-state index in [0.29, 0.717) is 37.8 Å². The van der Waals surface area contributed by atoms with E-state index in [1.54, 1.807) is 18.2 Å². The highest BCUT2D eigenvalue weighted by Gasteiger charge is 2.27. The van der Waals surface area contributed by atoms with Gasteiger partial charge in [-0.2, -0.15) is 9.29 Å². The molecule has 180 valence electrons. The molecule has 0 unspecified atom stereocenters. The Morgan fingerprint density at radius 2 is 1.71 bits per heavy atom. The van der Waals surface area contributed by atoms with Gasteiger partial charge in [0.25, 0.3) is 10.9 Å². The summed E-state index contributed by atoms with van der Waals surface area (Å²) in [5, 5.41) is 8.89. The van der Waals surface area contributed by atoms with E-state index in [1.165, 1.54) is 22.6 Å². The summed E-state index contributed by atoms with van der Waals surface area (Å²) in [5.41, 5.74) is -0.765. The van der Waals surface area contributed by atoms with Gasteiger partial charge in [0.2, 0.25) is 16.0 Å². The van der Waals surface area contributed by atoms with Crippen molar-refractivity contribution in [2.45, 2.75) is 31.2 Å². The molecule has 3 aromatic rings. The molecule has 1 saturated heterocycles. The molecule has 12 heteroatoms. The highest BCUT2D eigenvalue weighted by molar-refractivity contribution is 7.89. The fraction of sp³-hybridized carbons (Fsp3) is 0.364. The number of benzene rings is 1. The molecule has 0 saturated carbocycles. The maximum absolute atomic E-state index is 12.9. The third-order valence-corrected chi connectivity index (χ3v) is 6.91. The normalized spacial score (nSPS) is 15.3. The molecule has 11 nitrogen and oxygen atoms in total. The summed E-state index contributed by atoms with van der Waals surface area (Å²) >= 11 is 0. The standard InChI is InChI=1S/C22H26N6O5S/c1-22(2,3)27-18-17(19(29)20(18)30)25-16-7-8-23-21(26-16)24-14-5-4-6-15(13-14)34(31,32)28-9-11-33-12-10-28/h4-8,13,27H,9-12H2,1-3H3,(H2,23,24,25,26). The number of nitrogens with one attached hydrogen (secondary N) is 3. The van der Waals surface area contributed by atoms with E-state index in [9.17, 15) is 18.0 Å². The van der Waals surface area contributed by atoms with E-state index in [0.717, 1.165) is 0 Å². The van der Waals surface area contributed by atoms with Gasteiger partial charge in [0, 0.05) is 30.5 Å². The van der Waals surface area contributed by atoms with E-state index < -0.39 is 26.4 Å². The van der Waals surface area contributed by atoms with Crippen LogP contribution in [-0.2, 0) is 14.8 Å². The highest BCUT2D eigenvalue weighted by atomic mass is 32.2. The van der Waals surface area contributed by atoms with Crippen LogP contribution in [0.3, 0.4) is 0 Å². The Balaban J connectivity index is 1.52. The topological polar surface area (TPSA) is 143 Å². The molecular weight excluding hydrogens is 460 g/mol. The molecule has 2 aromatic carbocycles. The zero-order valence-corrected chi connectivity index (χ0v) is 19.9. The third kappa shape index (κ3) is 5.08. The van der Waals surface area contributed by atoms with E-state index in [-0.39, 0.29) is 22.2 Å². The quantitative estimate of drug-likeness (QED) is 0.423. The summed E-state index contributed by atoms with van der Waals surface area (Å²) in [6.45, 7) is 6.99. The Bertz CT molecular complexity index is 1370. The number of aromatic nitrogens is 2. The molecule has 2 heterocycles. The minimum atomic E-state index is -3.65. The maximum atomic E-state index is 12.9. The van der Waals surface area contributed by atoms with Crippen molar-refractivity contribution >= 4 is 38.9 Å². The Hall–Kier alpha value is -3.35. The van der Waals surface area contributed by atoms with Gasteiger partial charge < -0.3 is 20.7 Å². The second kappa shape index (κ2) is 9.12. The minimum absolute atomic E-state index is 0.142. The SMILES string of the molecule is CC(C)(C)Nc1c(Nc2ccnc(Nc3cccc(S(=O)(=O)N4CCOCC4)c3)n2)c(=O)c1=O. The molecule has 0 amide bonds. The van der Waals surface area contributed by atoms with E-state index >= 15 is 0 Å². The Morgan fingerprint density at radius 3 is 2.41 bits per heavy atom. The molecule has 0 radical (unpaired) electrons. The van der Waals surface area contributed by atoms with Crippen molar-refractivity contribution < 1.29 is 13.2 Å². The van der Waals surface area contributed by atoms with E-state index in [1.807, 2.05) is 20.8 Å². The Morgan fingerprint density at radius 1 is 1.00 bits per heavy atom. The molecule has 0 aliphatic carbocycles. The van der Waals surface area contributed by atoms with Crippen LogP contribution in [0.4, 0.5) is 28.8 Å². The van der Waals surface area contributed by atoms with Crippen molar-refractivity contribution in [2.24, 2.45) is 0 Å². The predicted octanol–water partition coefficient (Wildman–Crippen LogP) is 1.79. The molecule has 1 fully saturated rings. The first-order valence-electron chi connectivity index (χ1n) is 10.7. The summed E-state index contributed by atoms with van der Waals surface area (Å²) in [4.78, 5) is 32.7. The van der Waals surface area contributed by atoms with Gasteiger partial charge in [-0.25, -0.2) is 13.4 Å². The summed E-state index contributed by atoms with van der Waals surface area (Å²) in [7, 11) is -3.65. The molecule has 4 rings (SSSR count). The lowest BCUT2D eigenvalue weighted by molar-refractivity contribution is 0.0730. The zero-order valence-electron chi connectivity index (χ0n) is 19.1. The van der Waals surface area contributed by atoms with Crippen LogP contribution in [0.5, 0.6) is 0 Å². The highest BCUT2D eigenvalue weighted by Crippen LogP contribution is 2.25. The number of rotatable bonds is 7. The maximum Gasteiger partial charge on any atom is 0.253 e. The van der Waals surface area contributed by atoms with Crippen LogP contribution in [0, 0.1) is 0 Å². The molecule has 34 heavy (non-hydrogen) atoms. The van der Waals surface area contributed by atoms with Gasteiger partial charge >= 0.3 is 0 Å². The van der Waals surface area contributed by atoms with Crippen LogP contribution in [0.1, 0.15) is 20.8 Å². The molecule has 0 atom stereocenters. The lowest BCUT2D eigenvalue weighted by Gasteiger charge is -2.26. The van der Waals surface area contributed by atoms with Crippen LogP contribution >= 0.6 is 0 Å². The zero-order chi connectivity index (χ0) is 24.5. The lowest BCUT2D eigenvalue weighted by atomic mass is 10.1. The molecule has 1 aromatic heterocycles. The van der Waals surface area contributed by atoms with Crippen LogP contribution < -0.4 is 26.8 Å². The lowest BCUT2D eigenvalue weighted by Crippen LogP contribution is -2.41. The summed E-state index contributed by atoms with van der Waals surface area (Å²) in [6.07, 6.45) is 1.48. The third-order valence-electron chi connectivity index (χ3n) is 5.02. The fourth-order valence-corrected chi connectivity index (χ4v) is 4.88. The van der Waals surface area contributed by atoms with Gasteiger partial charge in [0.15, 0.2) is 0 Å². The second-order valence-electron chi connectivity index (χ2n) is 8.84. The van der Waals surface area contributed by atoms with Gasteiger partial charge in [0.1, 0.15) is 17.2 Å². The molecule has 0 spiro atoms. The number of sulfonamides is 1. The second-order valence-corrected chi connectivity index (χ2v) is 10.8. The summed E-state index contributed by atoms with van der Waals surface area (Å²) < 4.78 is 32.5. The van der Waals surface area contributed by atoms with E-state index in [2.05, 4.69) is 25.9 Å². The van der Waals surface area contributed by atoms with Crippen molar-refractivity contribution in [2.75, 3.05) is 42.3 Å². The molecule has 1 aliphatic heterocycles. The first-order valence-corrected chi connectivity index (χ1v) is 12.2. The predicted molar refractivity (Wildman–Crippen MR) is 129 cm³/mol. The summed E-state index contributed by atoms with van der Waals surface area (Å²) in [6, 6.07) is 7.93. The van der Waals surface area contributed by atoms with Crippen LogP contribution in [-0.4, -0.2) is 54.5 Å². The molecule has 1 aliphatic rings.